The Morgan fingerprint density at radius 3 is 2.83 bits per heavy atom. The minimum absolute atomic E-state index is 0.0822. The second-order valence-electron chi connectivity index (χ2n) is 5.80. The van der Waals surface area contributed by atoms with Crippen LogP contribution in [0.3, 0.4) is 0 Å². The molecule has 0 aromatic carbocycles. The summed E-state index contributed by atoms with van der Waals surface area (Å²) in [6, 6.07) is 3.20. The van der Waals surface area contributed by atoms with E-state index in [-0.39, 0.29) is 5.56 Å². The molecule has 0 aliphatic carbocycles. The van der Waals surface area contributed by atoms with E-state index in [9.17, 15) is 4.79 Å². The van der Waals surface area contributed by atoms with Gasteiger partial charge in [-0.3, -0.25) is 4.79 Å². The van der Waals surface area contributed by atoms with E-state index >= 15 is 0 Å². The summed E-state index contributed by atoms with van der Waals surface area (Å²) in [6.07, 6.45) is 6.92. The fraction of sp³-hybridized carbons (Fsp3) is 0.400. The highest BCUT2D eigenvalue weighted by molar-refractivity contribution is 7.13. The van der Waals surface area contributed by atoms with E-state index < -0.39 is 0 Å². The molecule has 4 rings (SSSR count). The number of anilines is 1. The molecule has 0 atom stereocenters. The lowest BCUT2D eigenvalue weighted by Crippen LogP contribution is -2.36. The minimum Gasteiger partial charge on any atom is -0.348 e. The van der Waals surface area contributed by atoms with Crippen molar-refractivity contribution in [3.05, 3.63) is 46.7 Å². The zero-order valence-corrected chi connectivity index (χ0v) is 13.8. The minimum atomic E-state index is -0.0822. The maximum atomic E-state index is 12.1. The van der Waals surface area contributed by atoms with Gasteiger partial charge in [0, 0.05) is 37.3 Å². The lowest BCUT2D eigenvalue weighted by atomic mass is 9.97. The van der Waals surface area contributed by atoms with Crippen molar-refractivity contribution in [3.8, 4) is 5.82 Å². The molecule has 8 nitrogen and oxygen atoms in total. The third-order valence-electron chi connectivity index (χ3n) is 4.24. The molecule has 1 fully saturated rings. The van der Waals surface area contributed by atoms with Crippen molar-refractivity contribution >= 4 is 16.5 Å². The lowest BCUT2D eigenvalue weighted by Gasteiger charge is -2.31. The Hall–Kier alpha value is -2.55. The smallest absolute Gasteiger partial charge is 0.266 e. The first kappa shape index (κ1) is 15.0. The van der Waals surface area contributed by atoms with Gasteiger partial charge in [-0.1, -0.05) is 0 Å². The predicted octanol–water partition coefficient (Wildman–Crippen LogP) is 1.20. The summed E-state index contributed by atoms with van der Waals surface area (Å²) in [5.74, 6) is 1.05. The molecule has 9 heteroatoms. The quantitative estimate of drug-likeness (QED) is 0.708. The van der Waals surface area contributed by atoms with Crippen LogP contribution in [0.5, 0.6) is 0 Å². The lowest BCUT2D eigenvalue weighted by molar-refractivity contribution is 0.334. The molecule has 0 spiro atoms. The molecule has 0 bridgehead atoms. The molecule has 0 unspecified atom stereocenters. The standard InChI is InChI=1S/C15H17N7OS/c23-14-2-1-13(22-11-16-10-18-22)19-21(14)9-12-3-6-20(7-4-12)15-17-5-8-24-15/h1-2,5,8,10-12H,3-4,6-7,9H2. The number of piperidine rings is 1. The number of aromatic nitrogens is 6. The zero-order valence-electron chi connectivity index (χ0n) is 13.0. The number of rotatable bonds is 4. The Labute approximate surface area is 142 Å². The highest BCUT2D eigenvalue weighted by atomic mass is 32.1. The van der Waals surface area contributed by atoms with E-state index in [4.69, 9.17) is 0 Å². The summed E-state index contributed by atoms with van der Waals surface area (Å²) < 4.78 is 3.10. The number of nitrogens with zero attached hydrogens (tertiary/aromatic N) is 7. The first-order valence-corrected chi connectivity index (χ1v) is 8.75. The first-order chi connectivity index (χ1) is 11.8. The van der Waals surface area contributed by atoms with Gasteiger partial charge in [-0.2, -0.15) is 5.10 Å². The number of hydrogen-bond donors (Lipinski definition) is 0. The van der Waals surface area contributed by atoms with Gasteiger partial charge in [0.05, 0.1) is 0 Å². The van der Waals surface area contributed by atoms with Crippen molar-refractivity contribution in [2.75, 3.05) is 18.0 Å². The van der Waals surface area contributed by atoms with E-state index in [0.29, 0.717) is 18.3 Å². The summed E-state index contributed by atoms with van der Waals surface area (Å²) >= 11 is 1.67. The fourth-order valence-electron chi connectivity index (χ4n) is 2.94. The van der Waals surface area contributed by atoms with Gasteiger partial charge in [0.2, 0.25) is 0 Å². The molecule has 3 aromatic rings. The van der Waals surface area contributed by atoms with Crippen LogP contribution in [0.1, 0.15) is 12.8 Å². The highest BCUT2D eigenvalue weighted by Crippen LogP contribution is 2.25. The molecule has 3 aromatic heterocycles. The van der Waals surface area contributed by atoms with E-state index in [1.807, 2.05) is 11.6 Å². The molecule has 0 radical (unpaired) electrons. The van der Waals surface area contributed by atoms with E-state index in [1.54, 1.807) is 33.1 Å². The largest absolute Gasteiger partial charge is 0.348 e. The third kappa shape index (κ3) is 3.07. The van der Waals surface area contributed by atoms with Crippen molar-refractivity contribution < 1.29 is 0 Å². The number of thiazole rings is 1. The molecular weight excluding hydrogens is 326 g/mol. The second kappa shape index (κ2) is 6.52. The first-order valence-electron chi connectivity index (χ1n) is 7.87. The van der Waals surface area contributed by atoms with Gasteiger partial charge in [-0.15, -0.1) is 16.4 Å². The molecule has 1 saturated heterocycles. The average Bonchev–Trinajstić information content (AvgIpc) is 3.31. The van der Waals surface area contributed by atoms with Gasteiger partial charge in [0.1, 0.15) is 12.7 Å². The van der Waals surface area contributed by atoms with E-state index in [1.165, 1.54) is 12.4 Å². The van der Waals surface area contributed by atoms with Gasteiger partial charge in [-0.05, 0) is 24.8 Å². The summed E-state index contributed by atoms with van der Waals surface area (Å²) in [7, 11) is 0. The zero-order chi connectivity index (χ0) is 16.4. The third-order valence-corrected chi connectivity index (χ3v) is 5.07. The van der Waals surface area contributed by atoms with Crippen LogP contribution in [0.2, 0.25) is 0 Å². The molecule has 0 N–H and O–H groups in total. The fourth-order valence-corrected chi connectivity index (χ4v) is 3.64. The maximum Gasteiger partial charge on any atom is 0.266 e. The van der Waals surface area contributed by atoms with Gasteiger partial charge < -0.3 is 4.90 Å². The molecule has 4 heterocycles. The molecule has 24 heavy (non-hydrogen) atoms. The van der Waals surface area contributed by atoms with Gasteiger partial charge in [0.15, 0.2) is 10.9 Å². The monoisotopic (exact) mass is 343 g/mol. The normalized spacial score (nSPS) is 15.8. The summed E-state index contributed by atoms with van der Waals surface area (Å²) in [4.78, 5) is 22.7. The maximum absolute atomic E-state index is 12.1. The Morgan fingerprint density at radius 2 is 2.12 bits per heavy atom. The van der Waals surface area contributed by atoms with Gasteiger partial charge >= 0.3 is 0 Å². The Balaban J connectivity index is 1.44. The number of hydrogen-bond acceptors (Lipinski definition) is 7. The molecule has 0 amide bonds. The summed E-state index contributed by atoms with van der Waals surface area (Å²) in [6.45, 7) is 2.57. The van der Waals surface area contributed by atoms with Gasteiger partial charge in [-0.25, -0.2) is 19.3 Å². The van der Waals surface area contributed by atoms with Crippen LogP contribution in [0.25, 0.3) is 5.82 Å². The Bertz CT molecular complexity index is 835. The SMILES string of the molecule is O=c1ccc(-n2cncn2)nn1CC1CCN(c2nccs2)CC1. The van der Waals surface area contributed by atoms with E-state index in [0.717, 1.165) is 31.1 Å². The average molecular weight is 343 g/mol. The highest BCUT2D eigenvalue weighted by Gasteiger charge is 2.21. The van der Waals surface area contributed by atoms with Crippen LogP contribution in [0, 0.1) is 5.92 Å². The van der Waals surface area contributed by atoms with Crippen molar-refractivity contribution in [2.45, 2.75) is 19.4 Å². The molecule has 124 valence electrons. The van der Waals surface area contributed by atoms with Crippen molar-refractivity contribution in [1.29, 1.82) is 0 Å². The van der Waals surface area contributed by atoms with Crippen molar-refractivity contribution in [1.82, 2.24) is 29.5 Å². The van der Waals surface area contributed by atoms with Crippen molar-refractivity contribution in [2.24, 2.45) is 5.92 Å². The van der Waals surface area contributed by atoms with E-state index in [2.05, 4.69) is 25.1 Å². The Morgan fingerprint density at radius 1 is 1.25 bits per heavy atom. The van der Waals surface area contributed by atoms with Crippen molar-refractivity contribution in [3.63, 3.8) is 0 Å². The molecular formula is C15H17N7OS. The second-order valence-corrected chi connectivity index (χ2v) is 6.67. The topological polar surface area (TPSA) is 81.7 Å². The summed E-state index contributed by atoms with van der Waals surface area (Å²) in [5, 5.41) is 11.6. The Kier molecular flexibility index (Phi) is 4.08. The molecule has 1 aliphatic heterocycles. The van der Waals surface area contributed by atoms with Crippen LogP contribution >= 0.6 is 11.3 Å². The van der Waals surface area contributed by atoms with Crippen LogP contribution in [0.15, 0.2) is 41.2 Å². The molecule has 1 aliphatic rings. The van der Waals surface area contributed by atoms with Crippen LogP contribution < -0.4 is 10.5 Å². The molecule has 0 saturated carbocycles. The summed E-state index contributed by atoms with van der Waals surface area (Å²) in [5.41, 5.74) is -0.0822. The van der Waals surface area contributed by atoms with Gasteiger partial charge in [0.25, 0.3) is 5.56 Å². The van der Waals surface area contributed by atoms with Crippen LogP contribution in [-0.4, -0.2) is 42.6 Å². The predicted molar refractivity (Wildman–Crippen MR) is 90.5 cm³/mol. The van der Waals surface area contributed by atoms with Crippen LogP contribution in [-0.2, 0) is 6.54 Å². The van der Waals surface area contributed by atoms with Crippen LogP contribution in [0.4, 0.5) is 5.13 Å².